The molecule has 19 heavy (non-hydrogen) atoms. The number of sulfonamides is 1. The van der Waals surface area contributed by atoms with Gasteiger partial charge in [-0.2, -0.15) is 0 Å². The second kappa shape index (κ2) is 6.12. The Kier molecular flexibility index (Phi) is 4.93. The third-order valence-electron chi connectivity index (χ3n) is 3.52. The van der Waals surface area contributed by atoms with Crippen molar-refractivity contribution in [2.75, 3.05) is 5.33 Å². The highest BCUT2D eigenvalue weighted by molar-refractivity contribution is 9.09. The number of halogens is 2. The first kappa shape index (κ1) is 15.3. The number of rotatable bonds is 4. The summed E-state index contributed by atoms with van der Waals surface area (Å²) in [4.78, 5) is 0.228. The Morgan fingerprint density at radius 2 is 1.95 bits per heavy atom. The van der Waals surface area contributed by atoms with Crippen molar-refractivity contribution in [1.29, 1.82) is 0 Å². The number of benzene rings is 1. The van der Waals surface area contributed by atoms with Gasteiger partial charge in [0.25, 0.3) is 0 Å². The highest BCUT2D eigenvalue weighted by Gasteiger charge is 2.35. The first-order valence-electron chi connectivity index (χ1n) is 6.33. The summed E-state index contributed by atoms with van der Waals surface area (Å²) < 4.78 is 27.7. The molecule has 1 fully saturated rings. The van der Waals surface area contributed by atoms with E-state index in [1.807, 2.05) is 0 Å². The lowest BCUT2D eigenvalue weighted by molar-refractivity contribution is 0.301. The molecule has 0 bridgehead atoms. The monoisotopic (exact) mass is 365 g/mol. The highest BCUT2D eigenvalue weighted by Crippen LogP contribution is 2.31. The van der Waals surface area contributed by atoms with Crippen molar-refractivity contribution in [3.05, 3.63) is 29.3 Å². The number of nitrogens with one attached hydrogen (secondary N) is 1. The summed E-state index contributed by atoms with van der Waals surface area (Å²) in [7, 11) is -3.52. The fourth-order valence-electron chi connectivity index (χ4n) is 2.47. The van der Waals surface area contributed by atoms with Crippen LogP contribution in [-0.4, -0.2) is 19.3 Å². The zero-order valence-electron chi connectivity index (χ0n) is 10.5. The van der Waals surface area contributed by atoms with Gasteiger partial charge in [-0.15, -0.1) is 0 Å². The van der Waals surface area contributed by atoms with Crippen LogP contribution in [0.4, 0.5) is 0 Å². The number of alkyl halides is 1. The summed E-state index contributed by atoms with van der Waals surface area (Å²) in [5.41, 5.74) is -0.362. The molecule has 1 N–H and O–H groups in total. The first-order chi connectivity index (χ1) is 8.97. The lowest BCUT2D eigenvalue weighted by atomic mass is 9.84. The van der Waals surface area contributed by atoms with Crippen LogP contribution in [0.3, 0.4) is 0 Å². The molecule has 1 aromatic carbocycles. The zero-order valence-corrected chi connectivity index (χ0v) is 13.7. The Bertz CT molecular complexity index is 541. The Hall–Kier alpha value is -0.100. The van der Waals surface area contributed by atoms with E-state index in [0.29, 0.717) is 10.4 Å². The van der Waals surface area contributed by atoms with Crippen molar-refractivity contribution in [2.45, 2.75) is 42.5 Å². The van der Waals surface area contributed by atoms with Crippen LogP contribution in [0.2, 0.25) is 5.02 Å². The molecule has 1 aliphatic rings. The second-order valence-corrected chi connectivity index (χ2v) is 7.72. The summed E-state index contributed by atoms with van der Waals surface area (Å²) in [5, 5.41) is 1.07. The third-order valence-corrected chi connectivity index (χ3v) is 6.41. The van der Waals surface area contributed by atoms with Gasteiger partial charge in [0.15, 0.2) is 0 Å². The Labute approximate surface area is 127 Å². The van der Waals surface area contributed by atoms with Crippen LogP contribution in [0.5, 0.6) is 0 Å². The van der Waals surface area contributed by atoms with E-state index >= 15 is 0 Å². The molecule has 0 radical (unpaired) electrons. The van der Waals surface area contributed by atoms with Gasteiger partial charge in [0.1, 0.15) is 0 Å². The van der Waals surface area contributed by atoms with E-state index in [9.17, 15) is 8.42 Å². The van der Waals surface area contributed by atoms with Crippen molar-refractivity contribution in [2.24, 2.45) is 0 Å². The summed E-state index contributed by atoms with van der Waals surface area (Å²) in [6.07, 6.45) is 5.04. The normalized spacial score (nSPS) is 19.3. The average Bonchev–Trinajstić information content (AvgIpc) is 2.39. The van der Waals surface area contributed by atoms with Gasteiger partial charge in [0, 0.05) is 15.9 Å². The zero-order chi connectivity index (χ0) is 13.9. The average molecular weight is 367 g/mol. The molecule has 6 heteroatoms. The van der Waals surface area contributed by atoms with E-state index in [2.05, 4.69) is 20.7 Å². The van der Waals surface area contributed by atoms with Crippen LogP contribution >= 0.6 is 27.5 Å². The van der Waals surface area contributed by atoms with Gasteiger partial charge in [-0.3, -0.25) is 0 Å². The second-order valence-electron chi connectivity index (χ2n) is 5.04. The number of hydrogen-bond acceptors (Lipinski definition) is 2. The molecule has 0 aliphatic heterocycles. The van der Waals surface area contributed by atoms with E-state index in [-0.39, 0.29) is 10.4 Å². The maximum atomic E-state index is 12.4. The molecular weight excluding hydrogens is 350 g/mol. The summed E-state index contributed by atoms with van der Waals surface area (Å²) in [6.45, 7) is 0. The molecule has 2 rings (SSSR count). The van der Waals surface area contributed by atoms with E-state index in [0.717, 1.165) is 25.7 Å². The fourth-order valence-corrected chi connectivity index (χ4v) is 5.12. The molecule has 0 spiro atoms. The van der Waals surface area contributed by atoms with E-state index in [1.165, 1.54) is 12.5 Å². The number of hydrogen-bond donors (Lipinski definition) is 1. The van der Waals surface area contributed by atoms with Crippen LogP contribution in [0.15, 0.2) is 29.2 Å². The van der Waals surface area contributed by atoms with Crippen molar-refractivity contribution >= 4 is 37.6 Å². The van der Waals surface area contributed by atoms with Crippen LogP contribution in [0.25, 0.3) is 0 Å². The van der Waals surface area contributed by atoms with Gasteiger partial charge in [-0.25, -0.2) is 13.1 Å². The van der Waals surface area contributed by atoms with Crippen LogP contribution in [0, 0.1) is 0 Å². The van der Waals surface area contributed by atoms with Gasteiger partial charge in [0.2, 0.25) is 10.0 Å². The van der Waals surface area contributed by atoms with Crippen molar-refractivity contribution in [1.82, 2.24) is 4.72 Å². The molecule has 1 aromatic rings. The molecule has 0 unspecified atom stereocenters. The molecule has 0 aromatic heterocycles. The maximum Gasteiger partial charge on any atom is 0.241 e. The van der Waals surface area contributed by atoms with Crippen molar-refractivity contribution in [3.8, 4) is 0 Å². The quantitative estimate of drug-likeness (QED) is 0.826. The molecule has 0 heterocycles. The summed E-state index contributed by atoms with van der Waals surface area (Å²) >= 11 is 9.32. The summed E-state index contributed by atoms with van der Waals surface area (Å²) in [6, 6.07) is 6.37. The van der Waals surface area contributed by atoms with Gasteiger partial charge < -0.3 is 0 Å². The molecule has 0 amide bonds. The Morgan fingerprint density at radius 3 is 2.53 bits per heavy atom. The molecule has 0 saturated heterocycles. The van der Waals surface area contributed by atoms with E-state index in [4.69, 9.17) is 11.6 Å². The topological polar surface area (TPSA) is 46.2 Å². The predicted molar refractivity (Wildman–Crippen MR) is 81.4 cm³/mol. The predicted octanol–water partition coefficient (Wildman–Crippen LogP) is 3.72. The SMILES string of the molecule is O=S(=O)(NC1(CBr)CCCCC1)c1cccc(Cl)c1. The Morgan fingerprint density at radius 1 is 1.26 bits per heavy atom. The maximum absolute atomic E-state index is 12.4. The van der Waals surface area contributed by atoms with Crippen molar-refractivity contribution < 1.29 is 8.42 Å². The standard InChI is InChI=1S/C13H17BrClNO2S/c14-10-13(7-2-1-3-8-13)16-19(17,18)12-6-4-5-11(15)9-12/h4-6,9,16H,1-3,7-8,10H2. The van der Waals surface area contributed by atoms with Gasteiger partial charge in [0.05, 0.1) is 4.90 Å². The minimum Gasteiger partial charge on any atom is -0.207 e. The lowest BCUT2D eigenvalue weighted by Crippen LogP contribution is -2.51. The fraction of sp³-hybridized carbons (Fsp3) is 0.538. The van der Waals surface area contributed by atoms with Gasteiger partial charge in [-0.1, -0.05) is 52.9 Å². The van der Waals surface area contributed by atoms with Crippen molar-refractivity contribution in [3.63, 3.8) is 0 Å². The molecule has 0 atom stereocenters. The molecular formula is C13H17BrClNO2S. The first-order valence-corrected chi connectivity index (χ1v) is 9.31. The lowest BCUT2D eigenvalue weighted by Gasteiger charge is -2.36. The van der Waals surface area contributed by atoms with Gasteiger partial charge in [-0.05, 0) is 31.0 Å². The van der Waals surface area contributed by atoms with Crippen LogP contribution < -0.4 is 4.72 Å². The smallest absolute Gasteiger partial charge is 0.207 e. The van der Waals surface area contributed by atoms with Gasteiger partial charge >= 0.3 is 0 Å². The van der Waals surface area contributed by atoms with Crippen LogP contribution in [-0.2, 0) is 10.0 Å². The highest BCUT2D eigenvalue weighted by atomic mass is 79.9. The van der Waals surface area contributed by atoms with Crippen LogP contribution in [0.1, 0.15) is 32.1 Å². The molecule has 106 valence electrons. The Balaban J connectivity index is 2.25. The van der Waals surface area contributed by atoms with E-state index in [1.54, 1.807) is 18.2 Å². The molecule has 3 nitrogen and oxygen atoms in total. The minimum absolute atomic E-state index is 0.228. The molecule has 1 aliphatic carbocycles. The summed E-state index contributed by atoms with van der Waals surface area (Å²) in [5.74, 6) is 0. The van der Waals surface area contributed by atoms with E-state index < -0.39 is 10.0 Å². The molecule has 1 saturated carbocycles. The largest absolute Gasteiger partial charge is 0.241 e. The minimum atomic E-state index is -3.52. The third kappa shape index (κ3) is 3.72.